The van der Waals surface area contributed by atoms with Crippen molar-refractivity contribution in [2.45, 2.75) is 40.0 Å². The molecule has 0 atom stereocenters. The number of hydrogen-bond acceptors (Lipinski definition) is 4. The van der Waals surface area contributed by atoms with Gasteiger partial charge in [-0.05, 0) is 51.1 Å². The quantitative estimate of drug-likeness (QED) is 0.581. The molecule has 1 N–H and O–H groups in total. The number of nitrogens with one attached hydrogen (secondary N) is 1. The van der Waals surface area contributed by atoms with Crippen LogP contribution in [0.25, 0.3) is 10.9 Å². The number of halogens is 3. The van der Waals surface area contributed by atoms with Crippen molar-refractivity contribution in [2.75, 3.05) is 23.3 Å². The predicted octanol–water partition coefficient (Wildman–Crippen LogP) is 3.69. The Morgan fingerprint density at radius 3 is 2.27 bits per heavy atom. The van der Waals surface area contributed by atoms with Crippen LogP contribution in [0.15, 0.2) is 52.1 Å². The third-order valence-electron chi connectivity index (χ3n) is 5.45. The number of fused-ring (bicyclic) bond motifs is 1. The number of carbonyl (C=O) groups excluding carboxylic acids is 1. The Labute approximate surface area is 188 Å². The van der Waals surface area contributed by atoms with Gasteiger partial charge in [0.25, 0.3) is 5.56 Å². The van der Waals surface area contributed by atoms with Crippen LogP contribution in [0.5, 0.6) is 0 Å². The first-order valence-electron chi connectivity index (χ1n) is 10.6. The number of aromatic nitrogens is 2. The van der Waals surface area contributed by atoms with Crippen LogP contribution in [0.3, 0.4) is 0 Å². The zero-order chi connectivity index (χ0) is 24.3. The third kappa shape index (κ3) is 4.79. The van der Waals surface area contributed by atoms with Crippen LogP contribution in [0.2, 0.25) is 0 Å². The number of alkyl halides is 3. The standard InChI is InChI=1S/C23H25F3N4O3/c1-4-28(5-2)19-12-11-15(23(24,25)26)13-17(19)27-20(31)14-30-18-10-8-7-9-16(18)21(32)29(6-3)22(30)33/h7-13H,4-6,14H2,1-3H3,(H,27,31). The highest BCUT2D eigenvalue weighted by Crippen LogP contribution is 2.35. The molecule has 1 heterocycles. The molecule has 10 heteroatoms. The van der Waals surface area contributed by atoms with Gasteiger partial charge in [0, 0.05) is 19.6 Å². The normalized spacial score (nSPS) is 11.6. The van der Waals surface area contributed by atoms with Gasteiger partial charge in [-0.3, -0.25) is 18.7 Å². The maximum Gasteiger partial charge on any atom is 0.416 e. The van der Waals surface area contributed by atoms with E-state index < -0.39 is 35.4 Å². The molecule has 1 amide bonds. The summed E-state index contributed by atoms with van der Waals surface area (Å²) in [6, 6.07) is 9.58. The van der Waals surface area contributed by atoms with E-state index in [0.29, 0.717) is 18.8 Å². The number of nitrogens with zero attached hydrogens (tertiary/aromatic N) is 3. The summed E-state index contributed by atoms with van der Waals surface area (Å²) < 4.78 is 42.0. The molecule has 0 radical (unpaired) electrons. The molecule has 0 spiro atoms. The lowest BCUT2D eigenvalue weighted by atomic mass is 10.1. The molecule has 0 aliphatic carbocycles. The predicted molar refractivity (Wildman–Crippen MR) is 122 cm³/mol. The van der Waals surface area contributed by atoms with Crippen LogP contribution >= 0.6 is 0 Å². The van der Waals surface area contributed by atoms with E-state index in [0.717, 1.165) is 21.3 Å². The molecule has 0 aliphatic rings. The Kier molecular flexibility index (Phi) is 6.95. The first kappa shape index (κ1) is 24.1. The molecule has 0 aliphatic heterocycles. The summed E-state index contributed by atoms with van der Waals surface area (Å²) >= 11 is 0. The molecule has 176 valence electrons. The van der Waals surface area contributed by atoms with Gasteiger partial charge in [0.15, 0.2) is 0 Å². The molecule has 0 saturated carbocycles. The highest BCUT2D eigenvalue weighted by molar-refractivity contribution is 5.95. The molecular formula is C23H25F3N4O3. The molecule has 3 aromatic rings. The minimum absolute atomic E-state index is 0.000285. The molecule has 0 fully saturated rings. The second kappa shape index (κ2) is 9.51. The number of hydrogen-bond donors (Lipinski definition) is 1. The van der Waals surface area contributed by atoms with Crippen molar-refractivity contribution in [2.24, 2.45) is 0 Å². The molecule has 0 saturated heterocycles. The van der Waals surface area contributed by atoms with Gasteiger partial charge in [0.1, 0.15) is 6.54 Å². The first-order valence-corrected chi connectivity index (χ1v) is 10.6. The van der Waals surface area contributed by atoms with Crippen molar-refractivity contribution in [3.8, 4) is 0 Å². The first-order chi connectivity index (χ1) is 15.6. The minimum Gasteiger partial charge on any atom is -0.370 e. The average molecular weight is 462 g/mol. The van der Waals surface area contributed by atoms with E-state index in [1.165, 1.54) is 6.07 Å². The topological polar surface area (TPSA) is 76.3 Å². The van der Waals surface area contributed by atoms with Gasteiger partial charge in [-0.15, -0.1) is 0 Å². The average Bonchev–Trinajstić information content (AvgIpc) is 2.78. The number of para-hydroxylation sites is 1. The number of anilines is 2. The van der Waals surface area contributed by atoms with Gasteiger partial charge < -0.3 is 10.2 Å². The van der Waals surface area contributed by atoms with Crippen molar-refractivity contribution >= 4 is 28.2 Å². The van der Waals surface area contributed by atoms with Crippen molar-refractivity contribution in [3.05, 3.63) is 68.9 Å². The molecule has 2 aromatic carbocycles. The van der Waals surface area contributed by atoms with Gasteiger partial charge in [-0.1, -0.05) is 12.1 Å². The Hall–Kier alpha value is -3.56. The fraction of sp³-hybridized carbons (Fsp3) is 0.348. The van der Waals surface area contributed by atoms with E-state index in [4.69, 9.17) is 0 Å². The van der Waals surface area contributed by atoms with Gasteiger partial charge in [0.05, 0.1) is 27.8 Å². The van der Waals surface area contributed by atoms with Gasteiger partial charge in [-0.25, -0.2) is 4.79 Å². The maximum atomic E-state index is 13.3. The summed E-state index contributed by atoms with van der Waals surface area (Å²) in [6.45, 7) is 6.05. The van der Waals surface area contributed by atoms with E-state index in [1.54, 1.807) is 31.2 Å². The summed E-state index contributed by atoms with van der Waals surface area (Å²) in [6.07, 6.45) is -4.58. The van der Waals surface area contributed by atoms with Crippen LogP contribution in [-0.4, -0.2) is 28.1 Å². The summed E-state index contributed by atoms with van der Waals surface area (Å²) in [5.41, 5.74) is -1.30. The Morgan fingerprint density at radius 1 is 1.00 bits per heavy atom. The summed E-state index contributed by atoms with van der Waals surface area (Å²) in [4.78, 5) is 40.2. The van der Waals surface area contributed by atoms with E-state index >= 15 is 0 Å². The zero-order valence-electron chi connectivity index (χ0n) is 18.6. The van der Waals surface area contributed by atoms with Crippen LogP contribution < -0.4 is 21.5 Å². The van der Waals surface area contributed by atoms with Crippen molar-refractivity contribution < 1.29 is 18.0 Å². The van der Waals surface area contributed by atoms with Crippen molar-refractivity contribution in [1.29, 1.82) is 0 Å². The minimum atomic E-state index is -4.58. The molecule has 7 nitrogen and oxygen atoms in total. The lowest BCUT2D eigenvalue weighted by Crippen LogP contribution is -2.41. The monoisotopic (exact) mass is 462 g/mol. The summed E-state index contributed by atoms with van der Waals surface area (Å²) in [7, 11) is 0. The van der Waals surface area contributed by atoms with Crippen LogP contribution in [-0.2, 0) is 24.1 Å². The van der Waals surface area contributed by atoms with E-state index in [9.17, 15) is 27.6 Å². The molecule has 3 rings (SSSR count). The van der Waals surface area contributed by atoms with E-state index in [-0.39, 0.29) is 23.1 Å². The largest absolute Gasteiger partial charge is 0.416 e. The SMILES string of the molecule is CCN(CC)c1ccc(C(F)(F)F)cc1NC(=O)Cn1c(=O)n(CC)c(=O)c2ccccc21. The van der Waals surface area contributed by atoms with Gasteiger partial charge >= 0.3 is 11.9 Å². The highest BCUT2D eigenvalue weighted by atomic mass is 19.4. The number of benzene rings is 2. The Balaban J connectivity index is 2.05. The number of carbonyl (C=O) groups is 1. The van der Waals surface area contributed by atoms with E-state index in [1.807, 2.05) is 18.7 Å². The molecule has 33 heavy (non-hydrogen) atoms. The van der Waals surface area contributed by atoms with Gasteiger partial charge in [-0.2, -0.15) is 13.2 Å². The zero-order valence-corrected chi connectivity index (χ0v) is 18.6. The molecule has 1 aromatic heterocycles. The van der Waals surface area contributed by atoms with Crippen LogP contribution in [0.1, 0.15) is 26.3 Å². The number of amides is 1. The smallest absolute Gasteiger partial charge is 0.370 e. The summed E-state index contributed by atoms with van der Waals surface area (Å²) in [5, 5.41) is 2.81. The molecule has 0 unspecified atom stereocenters. The maximum absolute atomic E-state index is 13.3. The van der Waals surface area contributed by atoms with E-state index in [2.05, 4.69) is 5.32 Å². The van der Waals surface area contributed by atoms with Crippen molar-refractivity contribution in [3.63, 3.8) is 0 Å². The Morgan fingerprint density at radius 2 is 1.67 bits per heavy atom. The Bertz CT molecular complexity index is 1290. The fourth-order valence-electron chi connectivity index (χ4n) is 3.79. The highest BCUT2D eigenvalue weighted by Gasteiger charge is 2.31. The lowest BCUT2D eigenvalue weighted by molar-refractivity contribution is -0.137. The van der Waals surface area contributed by atoms with Crippen LogP contribution in [0.4, 0.5) is 24.5 Å². The second-order valence-corrected chi connectivity index (χ2v) is 7.39. The van der Waals surface area contributed by atoms with Crippen molar-refractivity contribution in [1.82, 2.24) is 9.13 Å². The lowest BCUT2D eigenvalue weighted by Gasteiger charge is -2.25. The van der Waals surface area contributed by atoms with Gasteiger partial charge in [0.2, 0.25) is 5.91 Å². The third-order valence-corrected chi connectivity index (χ3v) is 5.45. The van der Waals surface area contributed by atoms with Crippen LogP contribution in [0, 0.1) is 0 Å². The number of rotatable bonds is 7. The molecular weight excluding hydrogens is 437 g/mol. The fourth-order valence-corrected chi connectivity index (χ4v) is 3.79. The summed E-state index contributed by atoms with van der Waals surface area (Å²) in [5.74, 6) is -0.684. The second-order valence-electron chi connectivity index (χ2n) is 7.39. The molecule has 0 bridgehead atoms.